The summed E-state index contributed by atoms with van der Waals surface area (Å²) in [4.78, 5) is 2.34. The highest BCUT2D eigenvalue weighted by atomic mass is 35.5. The van der Waals surface area contributed by atoms with Crippen molar-refractivity contribution in [3.05, 3.63) is 34.9 Å². The maximum atomic E-state index is 5.84. The fourth-order valence-corrected chi connectivity index (χ4v) is 1.65. The Morgan fingerprint density at radius 3 is 2.41 bits per heavy atom. The molecule has 0 fully saturated rings. The summed E-state index contributed by atoms with van der Waals surface area (Å²) in [5.74, 6) is 0. The molecule has 96 valence electrons. The van der Waals surface area contributed by atoms with E-state index in [9.17, 15) is 0 Å². The van der Waals surface area contributed by atoms with Crippen molar-refractivity contribution in [2.45, 2.75) is 26.3 Å². The van der Waals surface area contributed by atoms with Gasteiger partial charge in [0, 0.05) is 24.2 Å². The van der Waals surface area contributed by atoms with Crippen LogP contribution in [0.2, 0.25) is 5.02 Å². The number of likely N-dealkylation sites (N-methyl/N-ethyl adjacent to an activating group) is 1. The summed E-state index contributed by atoms with van der Waals surface area (Å²) in [7, 11) is 2.16. The molecule has 0 bridgehead atoms. The number of hydrogen-bond donors (Lipinski definition) is 1. The van der Waals surface area contributed by atoms with Crippen molar-refractivity contribution < 1.29 is 0 Å². The summed E-state index contributed by atoms with van der Waals surface area (Å²) in [6.07, 6.45) is 1.06. The van der Waals surface area contributed by atoms with Gasteiger partial charge >= 0.3 is 0 Å². The molecular formula is C14H23ClN2. The van der Waals surface area contributed by atoms with E-state index in [-0.39, 0.29) is 0 Å². The van der Waals surface area contributed by atoms with Crippen LogP contribution >= 0.6 is 11.6 Å². The highest BCUT2D eigenvalue weighted by Crippen LogP contribution is 2.09. The molecule has 0 saturated carbocycles. The van der Waals surface area contributed by atoms with Crippen molar-refractivity contribution in [2.24, 2.45) is 0 Å². The lowest BCUT2D eigenvalue weighted by Gasteiger charge is -2.20. The number of benzene rings is 1. The van der Waals surface area contributed by atoms with Crippen LogP contribution in [0.15, 0.2) is 24.3 Å². The van der Waals surface area contributed by atoms with Gasteiger partial charge in [0.05, 0.1) is 0 Å². The number of halogens is 1. The van der Waals surface area contributed by atoms with Crippen LogP contribution in [0.25, 0.3) is 0 Å². The quantitative estimate of drug-likeness (QED) is 0.753. The maximum absolute atomic E-state index is 5.84. The standard InChI is InChI=1S/C14H23ClN2/c1-12(2)17(3)11-10-16-9-8-13-4-6-14(15)7-5-13/h4-7,12,16H,8-11H2,1-3H3. The Morgan fingerprint density at radius 2 is 1.82 bits per heavy atom. The van der Waals surface area contributed by atoms with Gasteiger partial charge < -0.3 is 10.2 Å². The van der Waals surface area contributed by atoms with E-state index >= 15 is 0 Å². The van der Waals surface area contributed by atoms with Crippen LogP contribution in [0.3, 0.4) is 0 Å². The van der Waals surface area contributed by atoms with Crippen molar-refractivity contribution >= 4 is 11.6 Å². The second-order valence-corrected chi connectivity index (χ2v) is 5.14. The van der Waals surface area contributed by atoms with Crippen LogP contribution < -0.4 is 5.32 Å². The van der Waals surface area contributed by atoms with Crippen LogP contribution in [0.5, 0.6) is 0 Å². The average molecular weight is 255 g/mol. The maximum Gasteiger partial charge on any atom is 0.0406 e. The van der Waals surface area contributed by atoms with Gasteiger partial charge in [0.25, 0.3) is 0 Å². The molecule has 0 aliphatic rings. The summed E-state index contributed by atoms with van der Waals surface area (Å²) in [6, 6.07) is 8.69. The Labute approximate surface area is 110 Å². The molecule has 1 aromatic rings. The van der Waals surface area contributed by atoms with Gasteiger partial charge in [0.15, 0.2) is 0 Å². The minimum atomic E-state index is 0.619. The van der Waals surface area contributed by atoms with E-state index < -0.39 is 0 Å². The summed E-state index contributed by atoms with van der Waals surface area (Å²) in [5.41, 5.74) is 1.33. The largest absolute Gasteiger partial charge is 0.315 e. The van der Waals surface area contributed by atoms with Gasteiger partial charge in [-0.25, -0.2) is 0 Å². The topological polar surface area (TPSA) is 15.3 Å². The first kappa shape index (κ1) is 14.5. The first-order valence-corrected chi connectivity index (χ1v) is 6.63. The van der Waals surface area contributed by atoms with Gasteiger partial charge in [-0.2, -0.15) is 0 Å². The Balaban J connectivity index is 2.10. The highest BCUT2D eigenvalue weighted by Gasteiger charge is 2.01. The van der Waals surface area contributed by atoms with Crippen molar-refractivity contribution in [1.82, 2.24) is 10.2 Å². The zero-order valence-corrected chi connectivity index (χ0v) is 11.8. The molecule has 0 atom stereocenters. The third-order valence-electron chi connectivity index (χ3n) is 3.03. The summed E-state index contributed by atoms with van der Waals surface area (Å²) < 4.78 is 0. The lowest BCUT2D eigenvalue weighted by Crippen LogP contribution is -2.34. The van der Waals surface area contributed by atoms with Crippen molar-refractivity contribution in [3.8, 4) is 0 Å². The van der Waals surface area contributed by atoms with Gasteiger partial charge in [0.1, 0.15) is 0 Å². The van der Waals surface area contributed by atoms with Crippen LogP contribution in [-0.2, 0) is 6.42 Å². The molecule has 2 nitrogen and oxygen atoms in total. The molecule has 1 rings (SSSR count). The third-order valence-corrected chi connectivity index (χ3v) is 3.28. The van der Waals surface area contributed by atoms with E-state index in [0.29, 0.717) is 6.04 Å². The SMILES string of the molecule is CC(C)N(C)CCNCCc1ccc(Cl)cc1. The molecule has 0 heterocycles. The molecule has 3 heteroatoms. The first-order valence-electron chi connectivity index (χ1n) is 6.25. The highest BCUT2D eigenvalue weighted by molar-refractivity contribution is 6.30. The number of nitrogens with zero attached hydrogens (tertiary/aromatic N) is 1. The second kappa shape index (κ2) is 7.70. The van der Waals surface area contributed by atoms with Crippen LogP contribution in [-0.4, -0.2) is 37.6 Å². The Hall–Kier alpha value is -0.570. The zero-order chi connectivity index (χ0) is 12.7. The van der Waals surface area contributed by atoms with E-state index in [1.54, 1.807) is 0 Å². The minimum Gasteiger partial charge on any atom is -0.315 e. The Bertz CT molecular complexity index is 309. The first-order chi connectivity index (χ1) is 8.09. The number of rotatable bonds is 7. The van der Waals surface area contributed by atoms with Crippen LogP contribution in [0.4, 0.5) is 0 Å². The molecule has 1 N–H and O–H groups in total. The van der Waals surface area contributed by atoms with E-state index in [2.05, 4.69) is 43.2 Å². The molecule has 1 aromatic carbocycles. The van der Waals surface area contributed by atoms with Crippen LogP contribution in [0.1, 0.15) is 19.4 Å². The minimum absolute atomic E-state index is 0.619. The smallest absolute Gasteiger partial charge is 0.0406 e. The number of hydrogen-bond acceptors (Lipinski definition) is 2. The van der Waals surface area contributed by atoms with E-state index in [4.69, 9.17) is 11.6 Å². The normalized spacial score (nSPS) is 11.4. The summed E-state index contributed by atoms with van der Waals surface area (Å²) >= 11 is 5.84. The molecule has 0 aliphatic heterocycles. The fourth-order valence-electron chi connectivity index (χ4n) is 1.52. The monoisotopic (exact) mass is 254 g/mol. The predicted molar refractivity (Wildman–Crippen MR) is 75.8 cm³/mol. The van der Waals surface area contributed by atoms with Crippen LogP contribution in [0, 0.1) is 0 Å². The van der Waals surface area contributed by atoms with E-state index in [0.717, 1.165) is 31.1 Å². The Morgan fingerprint density at radius 1 is 1.18 bits per heavy atom. The van der Waals surface area contributed by atoms with Gasteiger partial charge in [-0.15, -0.1) is 0 Å². The fraction of sp³-hybridized carbons (Fsp3) is 0.571. The molecule has 17 heavy (non-hydrogen) atoms. The van der Waals surface area contributed by atoms with Gasteiger partial charge in [-0.1, -0.05) is 23.7 Å². The van der Waals surface area contributed by atoms with Gasteiger partial charge in [-0.05, 0) is 51.6 Å². The van der Waals surface area contributed by atoms with Crippen molar-refractivity contribution in [3.63, 3.8) is 0 Å². The third kappa shape index (κ3) is 6.06. The predicted octanol–water partition coefficient (Wildman–Crippen LogP) is 2.81. The molecule has 0 amide bonds. The second-order valence-electron chi connectivity index (χ2n) is 4.70. The molecular weight excluding hydrogens is 232 g/mol. The molecule has 0 spiro atoms. The lowest BCUT2D eigenvalue weighted by molar-refractivity contribution is 0.274. The molecule has 0 aromatic heterocycles. The Kier molecular flexibility index (Phi) is 6.56. The number of nitrogens with one attached hydrogen (secondary N) is 1. The lowest BCUT2D eigenvalue weighted by atomic mass is 10.1. The van der Waals surface area contributed by atoms with Crippen molar-refractivity contribution in [2.75, 3.05) is 26.7 Å². The summed E-state index contributed by atoms with van der Waals surface area (Å²) in [6.45, 7) is 7.59. The summed E-state index contributed by atoms with van der Waals surface area (Å²) in [5, 5.41) is 4.27. The average Bonchev–Trinajstić information content (AvgIpc) is 2.30. The van der Waals surface area contributed by atoms with Crippen molar-refractivity contribution in [1.29, 1.82) is 0 Å². The van der Waals surface area contributed by atoms with Gasteiger partial charge in [0.2, 0.25) is 0 Å². The molecule has 0 radical (unpaired) electrons. The zero-order valence-electron chi connectivity index (χ0n) is 11.0. The molecule has 0 unspecified atom stereocenters. The van der Waals surface area contributed by atoms with E-state index in [1.807, 2.05) is 12.1 Å². The van der Waals surface area contributed by atoms with E-state index in [1.165, 1.54) is 5.56 Å². The molecule has 0 saturated heterocycles. The molecule has 0 aliphatic carbocycles. The van der Waals surface area contributed by atoms with Gasteiger partial charge in [-0.3, -0.25) is 0 Å².